The Hall–Kier alpha value is -2.17. The molecule has 0 aromatic carbocycles. The van der Waals surface area contributed by atoms with Crippen LogP contribution < -0.4 is 4.90 Å². The summed E-state index contributed by atoms with van der Waals surface area (Å²) in [7, 11) is 0. The van der Waals surface area contributed by atoms with E-state index in [9.17, 15) is 0 Å². The molecule has 1 fully saturated rings. The molecule has 22 heavy (non-hydrogen) atoms. The van der Waals surface area contributed by atoms with Crippen LogP contribution in [0.4, 0.5) is 5.82 Å². The molecule has 0 aliphatic carbocycles. The first-order chi connectivity index (χ1) is 10.6. The van der Waals surface area contributed by atoms with Gasteiger partial charge in [0, 0.05) is 13.5 Å². The Balaban J connectivity index is 1.86. The van der Waals surface area contributed by atoms with Crippen molar-refractivity contribution in [3.8, 4) is 6.07 Å². The van der Waals surface area contributed by atoms with E-state index in [1.165, 1.54) is 0 Å². The summed E-state index contributed by atoms with van der Waals surface area (Å²) in [4.78, 5) is 6.32. The molecule has 0 bridgehead atoms. The number of hydrogen-bond acceptors (Lipinski definition) is 7. The van der Waals surface area contributed by atoms with Crippen molar-refractivity contribution in [1.82, 2.24) is 15.2 Å². The summed E-state index contributed by atoms with van der Waals surface area (Å²) in [5.74, 6) is 1.63. The lowest BCUT2D eigenvalue weighted by Crippen LogP contribution is -2.43. The highest BCUT2D eigenvalue weighted by molar-refractivity contribution is 6.31. The fourth-order valence-electron chi connectivity index (χ4n) is 2.40. The quantitative estimate of drug-likeness (QED) is 0.838. The van der Waals surface area contributed by atoms with Gasteiger partial charge in [0.05, 0.1) is 17.7 Å². The molecule has 0 radical (unpaired) electrons. The number of ether oxygens (including phenoxy) is 1. The number of aromatic nitrogens is 3. The summed E-state index contributed by atoms with van der Waals surface area (Å²) < 4.78 is 11.3. The number of anilines is 1. The number of morpholine rings is 1. The van der Waals surface area contributed by atoms with Gasteiger partial charge in [-0.3, -0.25) is 0 Å². The van der Waals surface area contributed by atoms with E-state index in [1.807, 2.05) is 17.9 Å². The summed E-state index contributed by atoms with van der Waals surface area (Å²) in [6.45, 7) is 4.87. The van der Waals surface area contributed by atoms with Crippen molar-refractivity contribution in [2.24, 2.45) is 0 Å². The first-order valence-electron chi connectivity index (χ1n) is 6.84. The number of aryl methyl sites for hydroxylation is 1. The van der Waals surface area contributed by atoms with Crippen molar-refractivity contribution in [2.75, 3.05) is 18.0 Å². The van der Waals surface area contributed by atoms with Crippen LogP contribution in [0.25, 0.3) is 0 Å². The van der Waals surface area contributed by atoms with Gasteiger partial charge in [0.15, 0.2) is 11.8 Å². The second-order valence-corrected chi connectivity index (χ2v) is 5.52. The standard InChI is InChI=1S/C14H14ClN5O2/c1-8-6-20(13-4-3-10(15)11(5-16)17-13)7-12(21-8)14-19-18-9(2)22-14/h3-4,8,12H,6-7H2,1-2H3/t8-,12-/m1/s1. The second-order valence-electron chi connectivity index (χ2n) is 5.11. The minimum absolute atomic E-state index is 0.0334. The van der Waals surface area contributed by atoms with E-state index in [0.717, 1.165) is 0 Å². The van der Waals surface area contributed by atoms with Crippen LogP contribution in [-0.2, 0) is 4.74 Å². The van der Waals surface area contributed by atoms with E-state index in [1.54, 1.807) is 19.1 Å². The average molecular weight is 320 g/mol. The fourth-order valence-corrected chi connectivity index (χ4v) is 2.55. The summed E-state index contributed by atoms with van der Waals surface area (Å²) in [5, 5.41) is 17.2. The maximum Gasteiger partial charge on any atom is 0.247 e. The Kier molecular flexibility index (Phi) is 3.96. The van der Waals surface area contributed by atoms with Gasteiger partial charge in [-0.2, -0.15) is 5.26 Å². The molecule has 114 valence electrons. The highest BCUT2D eigenvalue weighted by Crippen LogP contribution is 2.28. The van der Waals surface area contributed by atoms with Gasteiger partial charge >= 0.3 is 0 Å². The first kappa shape index (κ1) is 14.8. The van der Waals surface area contributed by atoms with Gasteiger partial charge in [0.2, 0.25) is 11.8 Å². The molecule has 2 aromatic rings. The number of nitriles is 1. The largest absolute Gasteiger partial charge is 0.423 e. The van der Waals surface area contributed by atoms with Crippen LogP contribution in [0, 0.1) is 18.3 Å². The van der Waals surface area contributed by atoms with Crippen LogP contribution in [0.1, 0.15) is 30.5 Å². The van der Waals surface area contributed by atoms with Crippen LogP contribution in [-0.4, -0.2) is 34.4 Å². The SMILES string of the molecule is Cc1nnc([C@H]2CN(c3ccc(Cl)c(C#N)n3)C[C@@H](C)O2)o1. The monoisotopic (exact) mass is 319 g/mol. The minimum atomic E-state index is -0.326. The number of pyridine rings is 1. The van der Waals surface area contributed by atoms with E-state index in [2.05, 4.69) is 15.2 Å². The van der Waals surface area contributed by atoms with Crippen LogP contribution in [0.15, 0.2) is 16.5 Å². The van der Waals surface area contributed by atoms with Crippen molar-refractivity contribution < 1.29 is 9.15 Å². The number of nitrogens with zero attached hydrogens (tertiary/aromatic N) is 5. The molecule has 0 N–H and O–H groups in total. The van der Waals surface area contributed by atoms with Crippen LogP contribution in [0.5, 0.6) is 0 Å². The van der Waals surface area contributed by atoms with Gasteiger partial charge in [0.1, 0.15) is 11.9 Å². The molecule has 3 heterocycles. The van der Waals surface area contributed by atoms with Crippen molar-refractivity contribution >= 4 is 17.4 Å². The third-order valence-corrected chi connectivity index (χ3v) is 3.64. The zero-order chi connectivity index (χ0) is 15.7. The maximum atomic E-state index is 9.05. The Morgan fingerprint density at radius 2 is 2.18 bits per heavy atom. The first-order valence-corrected chi connectivity index (χ1v) is 7.21. The van der Waals surface area contributed by atoms with E-state index in [4.69, 9.17) is 26.0 Å². The normalized spacial score (nSPS) is 21.6. The van der Waals surface area contributed by atoms with E-state index < -0.39 is 0 Å². The lowest BCUT2D eigenvalue weighted by molar-refractivity contribution is -0.0313. The molecule has 1 saturated heterocycles. The number of rotatable bonds is 2. The van der Waals surface area contributed by atoms with Crippen molar-refractivity contribution in [2.45, 2.75) is 26.1 Å². The van der Waals surface area contributed by atoms with Gasteiger partial charge in [-0.05, 0) is 19.1 Å². The minimum Gasteiger partial charge on any atom is -0.423 e. The molecule has 0 amide bonds. The van der Waals surface area contributed by atoms with E-state index in [-0.39, 0.29) is 17.9 Å². The van der Waals surface area contributed by atoms with Crippen molar-refractivity contribution in [1.29, 1.82) is 5.26 Å². The van der Waals surface area contributed by atoms with Crippen LogP contribution in [0.2, 0.25) is 5.02 Å². The average Bonchev–Trinajstić information content (AvgIpc) is 2.94. The third-order valence-electron chi connectivity index (χ3n) is 3.34. The van der Waals surface area contributed by atoms with Gasteiger partial charge < -0.3 is 14.1 Å². The molecular weight excluding hydrogens is 306 g/mol. The Morgan fingerprint density at radius 3 is 2.86 bits per heavy atom. The van der Waals surface area contributed by atoms with E-state index >= 15 is 0 Å². The highest BCUT2D eigenvalue weighted by Gasteiger charge is 2.31. The Morgan fingerprint density at radius 1 is 1.36 bits per heavy atom. The Bertz CT molecular complexity index is 726. The zero-order valence-corrected chi connectivity index (χ0v) is 12.9. The van der Waals surface area contributed by atoms with Crippen LogP contribution >= 0.6 is 11.6 Å². The summed E-state index contributed by atoms with van der Waals surface area (Å²) >= 11 is 5.93. The molecule has 0 unspecified atom stereocenters. The van der Waals surface area contributed by atoms with Crippen molar-refractivity contribution in [3.05, 3.63) is 34.6 Å². The summed E-state index contributed by atoms with van der Waals surface area (Å²) in [5.41, 5.74) is 0.212. The van der Waals surface area contributed by atoms with E-state index in [0.29, 0.717) is 35.7 Å². The zero-order valence-electron chi connectivity index (χ0n) is 12.2. The second kappa shape index (κ2) is 5.91. The Labute approximate surface area is 132 Å². The molecule has 1 aliphatic rings. The molecule has 0 saturated carbocycles. The molecule has 8 heteroatoms. The van der Waals surface area contributed by atoms with Gasteiger partial charge in [0.25, 0.3) is 0 Å². The number of hydrogen-bond donors (Lipinski definition) is 0. The predicted octanol–water partition coefficient (Wildman–Crippen LogP) is 2.26. The molecule has 3 rings (SSSR count). The highest BCUT2D eigenvalue weighted by atomic mass is 35.5. The van der Waals surface area contributed by atoms with Crippen LogP contribution in [0.3, 0.4) is 0 Å². The molecule has 0 spiro atoms. The van der Waals surface area contributed by atoms with Gasteiger partial charge in [-0.1, -0.05) is 11.6 Å². The molecule has 7 nitrogen and oxygen atoms in total. The fraction of sp³-hybridized carbons (Fsp3) is 0.429. The predicted molar refractivity (Wildman–Crippen MR) is 78.5 cm³/mol. The summed E-state index contributed by atoms with van der Waals surface area (Å²) in [6, 6.07) is 5.45. The smallest absolute Gasteiger partial charge is 0.247 e. The maximum absolute atomic E-state index is 9.05. The number of halogens is 1. The van der Waals surface area contributed by atoms with Gasteiger partial charge in [-0.25, -0.2) is 4.98 Å². The summed E-state index contributed by atoms with van der Waals surface area (Å²) in [6.07, 6.45) is -0.359. The molecule has 2 atom stereocenters. The topological polar surface area (TPSA) is 88.1 Å². The third kappa shape index (κ3) is 2.89. The molecule has 2 aromatic heterocycles. The lowest BCUT2D eigenvalue weighted by Gasteiger charge is -2.36. The van der Waals surface area contributed by atoms with Crippen molar-refractivity contribution in [3.63, 3.8) is 0 Å². The molecular formula is C14H14ClN5O2. The molecule has 1 aliphatic heterocycles. The van der Waals surface area contributed by atoms with Gasteiger partial charge in [-0.15, -0.1) is 10.2 Å². The lowest BCUT2D eigenvalue weighted by atomic mass is 10.2.